The highest BCUT2D eigenvalue weighted by atomic mass is 32.2. The summed E-state index contributed by atoms with van der Waals surface area (Å²) in [5, 5.41) is 12.0. The molecule has 0 unspecified atom stereocenters. The lowest BCUT2D eigenvalue weighted by Crippen LogP contribution is -2.48. The fourth-order valence-corrected chi connectivity index (χ4v) is 3.30. The van der Waals surface area contributed by atoms with Crippen LogP contribution in [0.2, 0.25) is 0 Å². The van der Waals surface area contributed by atoms with Crippen LogP contribution in [0, 0.1) is 6.92 Å². The van der Waals surface area contributed by atoms with Crippen molar-refractivity contribution in [2.75, 3.05) is 30.9 Å². The number of nitrogens with one attached hydrogen (secondary N) is 2. The summed E-state index contributed by atoms with van der Waals surface area (Å²) in [6.07, 6.45) is 0. The van der Waals surface area contributed by atoms with Crippen LogP contribution in [0.15, 0.2) is 18.2 Å². The molecule has 7 nitrogen and oxygen atoms in total. The van der Waals surface area contributed by atoms with Gasteiger partial charge in [0.05, 0.1) is 11.3 Å². The van der Waals surface area contributed by atoms with Gasteiger partial charge in [-0.3, -0.25) is 4.72 Å². The van der Waals surface area contributed by atoms with E-state index in [1.807, 2.05) is 0 Å². The summed E-state index contributed by atoms with van der Waals surface area (Å²) in [4.78, 5) is 10.8. The first kappa shape index (κ1) is 14.8. The van der Waals surface area contributed by atoms with Crippen molar-refractivity contribution >= 4 is 21.9 Å². The van der Waals surface area contributed by atoms with Gasteiger partial charge in [-0.25, -0.2) is 4.79 Å². The zero-order chi connectivity index (χ0) is 14.8. The Labute approximate surface area is 117 Å². The molecule has 2 rings (SSSR count). The first-order valence-corrected chi connectivity index (χ1v) is 7.67. The van der Waals surface area contributed by atoms with Gasteiger partial charge in [0.1, 0.15) is 0 Å². The van der Waals surface area contributed by atoms with Crippen molar-refractivity contribution < 1.29 is 18.3 Å². The van der Waals surface area contributed by atoms with Crippen molar-refractivity contribution in [3.8, 4) is 0 Å². The highest BCUT2D eigenvalue weighted by Crippen LogP contribution is 2.19. The number of rotatable bonds is 4. The minimum atomic E-state index is -3.60. The van der Waals surface area contributed by atoms with Crippen LogP contribution in [0.3, 0.4) is 0 Å². The van der Waals surface area contributed by atoms with Crippen LogP contribution in [-0.4, -0.2) is 50.0 Å². The van der Waals surface area contributed by atoms with Crippen LogP contribution in [0.4, 0.5) is 5.69 Å². The summed E-state index contributed by atoms with van der Waals surface area (Å²) in [7, 11) is -3.60. The number of aryl methyl sites for hydroxylation is 1. The molecular formula is C12H17N3O4S. The second-order valence-corrected chi connectivity index (χ2v) is 6.26. The van der Waals surface area contributed by atoms with Crippen molar-refractivity contribution in [3.05, 3.63) is 29.3 Å². The van der Waals surface area contributed by atoms with E-state index in [1.54, 1.807) is 6.92 Å². The van der Waals surface area contributed by atoms with E-state index in [1.165, 1.54) is 22.5 Å². The lowest BCUT2D eigenvalue weighted by atomic mass is 10.1. The summed E-state index contributed by atoms with van der Waals surface area (Å²) in [6.45, 7) is 3.75. The van der Waals surface area contributed by atoms with E-state index < -0.39 is 16.2 Å². The van der Waals surface area contributed by atoms with Crippen molar-refractivity contribution in [1.82, 2.24) is 9.62 Å². The minimum Gasteiger partial charge on any atom is -0.478 e. The van der Waals surface area contributed by atoms with Gasteiger partial charge in [-0.1, -0.05) is 0 Å². The van der Waals surface area contributed by atoms with Crippen LogP contribution in [0.1, 0.15) is 15.9 Å². The highest BCUT2D eigenvalue weighted by Gasteiger charge is 2.24. The van der Waals surface area contributed by atoms with Crippen LogP contribution < -0.4 is 10.0 Å². The largest absolute Gasteiger partial charge is 0.478 e. The summed E-state index contributed by atoms with van der Waals surface area (Å²) < 4.78 is 28.3. The maximum absolute atomic E-state index is 12.2. The molecule has 0 radical (unpaired) electrons. The predicted octanol–water partition coefficient (Wildman–Crippen LogP) is 0.255. The molecule has 0 aliphatic carbocycles. The Hall–Kier alpha value is -1.64. The normalized spacial score (nSPS) is 16.9. The number of nitrogens with zero attached hydrogens (tertiary/aromatic N) is 1. The Kier molecular flexibility index (Phi) is 4.26. The zero-order valence-corrected chi connectivity index (χ0v) is 11.9. The molecule has 1 fully saturated rings. The first-order chi connectivity index (χ1) is 9.40. The van der Waals surface area contributed by atoms with Gasteiger partial charge in [0.25, 0.3) is 0 Å². The quantitative estimate of drug-likeness (QED) is 0.740. The number of hydrogen-bond donors (Lipinski definition) is 3. The fraction of sp³-hybridized carbons (Fsp3) is 0.417. The van der Waals surface area contributed by atoms with Gasteiger partial charge >= 0.3 is 16.2 Å². The number of carboxylic acid groups (broad SMARTS) is 1. The van der Waals surface area contributed by atoms with E-state index in [2.05, 4.69) is 10.0 Å². The SMILES string of the molecule is Cc1cc(C(=O)O)ccc1NS(=O)(=O)N1CCNCC1. The Bertz CT molecular complexity index is 609. The molecule has 1 aliphatic heterocycles. The molecule has 1 aliphatic rings. The molecule has 8 heteroatoms. The molecular weight excluding hydrogens is 282 g/mol. The van der Waals surface area contributed by atoms with Gasteiger partial charge in [-0.05, 0) is 30.7 Å². The third-order valence-electron chi connectivity index (χ3n) is 3.13. The van der Waals surface area contributed by atoms with Gasteiger partial charge < -0.3 is 10.4 Å². The Morgan fingerprint density at radius 2 is 2.00 bits per heavy atom. The molecule has 0 aromatic heterocycles. The van der Waals surface area contributed by atoms with E-state index in [0.29, 0.717) is 37.4 Å². The third kappa shape index (κ3) is 3.27. The first-order valence-electron chi connectivity index (χ1n) is 6.23. The molecule has 1 aromatic rings. The standard InChI is InChI=1S/C12H17N3O4S/c1-9-8-10(12(16)17)2-3-11(9)14-20(18,19)15-6-4-13-5-7-15/h2-3,8,13-14H,4-7H2,1H3,(H,16,17). The van der Waals surface area contributed by atoms with Gasteiger partial charge in [-0.2, -0.15) is 12.7 Å². The minimum absolute atomic E-state index is 0.132. The van der Waals surface area contributed by atoms with Crippen LogP contribution in [-0.2, 0) is 10.2 Å². The maximum atomic E-state index is 12.2. The molecule has 110 valence electrons. The molecule has 1 saturated heterocycles. The second kappa shape index (κ2) is 5.78. The number of anilines is 1. The second-order valence-electron chi connectivity index (χ2n) is 4.59. The average molecular weight is 299 g/mol. The Balaban J connectivity index is 2.18. The van der Waals surface area contributed by atoms with E-state index in [4.69, 9.17) is 5.11 Å². The lowest BCUT2D eigenvalue weighted by molar-refractivity contribution is 0.0697. The summed E-state index contributed by atoms with van der Waals surface area (Å²) in [5.74, 6) is -1.04. The van der Waals surface area contributed by atoms with Crippen LogP contribution in [0.5, 0.6) is 0 Å². The molecule has 20 heavy (non-hydrogen) atoms. The van der Waals surface area contributed by atoms with Gasteiger partial charge in [0.2, 0.25) is 0 Å². The van der Waals surface area contributed by atoms with Gasteiger partial charge in [-0.15, -0.1) is 0 Å². The van der Waals surface area contributed by atoms with E-state index >= 15 is 0 Å². The Morgan fingerprint density at radius 3 is 2.55 bits per heavy atom. The van der Waals surface area contributed by atoms with Gasteiger partial charge in [0.15, 0.2) is 0 Å². The zero-order valence-electron chi connectivity index (χ0n) is 11.1. The molecule has 0 amide bonds. The van der Waals surface area contributed by atoms with E-state index in [0.717, 1.165) is 0 Å². The fourth-order valence-electron chi connectivity index (χ4n) is 2.00. The molecule has 0 spiro atoms. The third-order valence-corrected chi connectivity index (χ3v) is 4.65. The summed E-state index contributed by atoms with van der Waals surface area (Å²) >= 11 is 0. The van der Waals surface area contributed by atoms with Crippen molar-refractivity contribution in [3.63, 3.8) is 0 Å². The number of carboxylic acids is 1. The summed E-state index contributed by atoms with van der Waals surface area (Å²) in [5.41, 5.74) is 1.10. The van der Waals surface area contributed by atoms with Gasteiger partial charge in [0, 0.05) is 26.2 Å². The van der Waals surface area contributed by atoms with Crippen molar-refractivity contribution in [2.24, 2.45) is 0 Å². The van der Waals surface area contributed by atoms with E-state index in [9.17, 15) is 13.2 Å². The number of aromatic carboxylic acids is 1. The molecule has 1 aromatic carbocycles. The van der Waals surface area contributed by atoms with Crippen molar-refractivity contribution in [2.45, 2.75) is 6.92 Å². The maximum Gasteiger partial charge on any atom is 0.335 e. The van der Waals surface area contributed by atoms with E-state index in [-0.39, 0.29) is 5.56 Å². The lowest BCUT2D eigenvalue weighted by Gasteiger charge is -2.27. The predicted molar refractivity (Wildman–Crippen MR) is 75.1 cm³/mol. The summed E-state index contributed by atoms with van der Waals surface area (Å²) in [6, 6.07) is 4.29. The molecule has 3 N–H and O–H groups in total. The molecule has 1 heterocycles. The smallest absolute Gasteiger partial charge is 0.335 e. The average Bonchev–Trinajstić information content (AvgIpc) is 2.41. The topological polar surface area (TPSA) is 98.7 Å². The monoisotopic (exact) mass is 299 g/mol. The number of piperazine rings is 1. The van der Waals surface area contributed by atoms with Crippen molar-refractivity contribution in [1.29, 1.82) is 0 Å². The highest BCUT2D eigenvalue weighted by molar-refractivity contribution is 7.90. The van der Waals surface area contributed by atoms with Crippen LogP contribution in [0.25, 0.3) is 0 Å². The molecule has 0 bridgehead atoms. The van der Waals surface area contributed by atoms with Crippen LogP contribution >= 0.6 is 0 Å². The molecule has 0 atom stereocenters. The number of hydrogen-bond acceptors (Lipinski definition) is 4. The Morgan fingerprint density at radius 1 is 1.35 bits per heavy atom. The number of carbonyl (C=O) groups is 1. The molecule has 0 saturated carbocycles. The number of benzene rings is 1.